The normalized spacial score (nSPS) is 19.1. The molecule has 0 aromatic heterocycles. The van der Waals surface area contributed by atoms with Gasteiger partial charge < -0.3 is 0 Å². The SMILES string of the molecule is O=[N+]([O-])CCN1CCC1. The average Bonchev–Trinajstić information content (AvgIpc) is 1.60. The van der Waals surface area contributed by atoms with Crippen molar-refractivity contribution in [3.05, 3.63) is 10.1 Å². The van der Waals surface area contributed by atoms with Crippen molar-refractivity contribution >= 4 is 0 Å². The van der Waals surface area contributed by atoms with E-state index in [9.17, 15) is 10.1 Å². The Morgan fingerprint density at radius 3 is 2.56 bits per heavy atom. The van der Waals surface area contributed by atoms with Crippen molar-refractivity contribution in [3.8, 4) is 0 Å². The number of nitrogens with zero attached hydrogens (tertiary/aromatic N) is 2. The Balaban J connectivity index is 1.97. The van der Waals surface area contributed by atoms with Gasteiger partial charge in [0.15, 0.2) is 0 Å². The smallest absolute Gasteiger partial charge is 0.216 e. The molecule has 0 amide bonds. The van der Waals surface area contributed by atoms with E-state index in [1.54, 1.807) is 0 Å². The molecule has 0 radical (unpaired) electrons. The molecule has 9 heavy (non-hydrogen) atoms. The molecule has 1 fully saturated rings. The van der Waals surface area contributed by atoms with Crippen LogP contribution in [0.3, 0.4) is 0 Å². The summed E-state index contributed by atoms with van der Waals surface area (Å²) in [5.41, 5.74) is 0. The summed E-state index contributed by atoms with van der Waals surface area (Å²) in [4.78, 5) is 11.6. The van der Waals surface area contributed by atoms with Crippen molar-refractivity contribution in [2.45, 2.75) is 6.42 Å². The largest absolute Gasteiger partial charge is 0.297 e. The van der Waals surface area contributed by atoms with Crippen LogP contribution in [0.25, 0.3) is 0 Å². The van der Waals surface area contributed by atoms with Gasteiger partial charge in [0.1, 0.15) is 0 Å². The summed E-state index contributed by atoms with van der Waals surface area (Å²) < 4.78 is 0. The summed E-state index contributed by atoms with van der Waals surface area (Å²) in [6, 6.07) is 0. The van der Waals surface area contributed by atoms with E-state index in [0.29, 0.717) is 6.54 Å². The van der Waals surface area contributed by atoms with E-state index in [1.807, 2.05) is 0 Å². The second kappa shape index (κ2) is 2.77. The summed E-state index contributed by atoms with van der Waals surface area (Å²) >= 11 is 0. The third-order valence-corrected chi connectivity index (χ3v) is 1.55. The highest BCUT2D eigenvalue weighted by atomic mass is 16.6. The molecule has 4 nitrogen and oxygen atoms in total. The quantitative estimate of drug-likeness (QED) is 0.398. The van der Waals surface area contributed by atoms with Crippen LogP contribution in [0.5, 0.6) is 0 Å². The number of nitro groups is 1. The maximum Gasteiger partial charge on any atom is 0.216 e. The molecule has 1 heterocycles. The lowest BCUT2D eigenvalue weighted by Gasteiger charge is -2.28. The third-order valence-electron chi connectivity index (χ3n) is 1.55. The average molecular weight is 130 g/mol. The number of hydrogen-bond acceptors (Lipinski definition) is 3. The molecule has 0 aliphatic carbocycles. The van der Waals surface area contributed by atoms with E-state index in [-0.39, 0.29) is 11.5 Å². The Morgan fingerprint density at radius 2 is 2.22 bits per heavy atom. The van der Waals surface area contributed by atoms with Crippen molar-refractivity contribution in [2.75, 3.05) is 26.2 Å². The molecule has 52 valence electrons. The highest BCUT2D eigenvalue weighted by molar-refractivity contribution is 4.66. The summed E-state index contributed by atoms with van der Waals surface area (Å²) in [5.74, 6) is 0. The molecular weight excluding hydrogens is 120 g/mol. The number of hydrogen-bond donors (Lipinski definition) is 0. The Labute approximate surface area is 53.6 Å². The standard InChI is InChI=1S/C5H10N2O2/c8-7(9)5-4-6-2-1-3-6/h1-5H2. The van der Waals surface area contributed by atoms with Crippen LogP contribution in [0, 0.1) is 10.1 Å². The van der Waals surface area contributed by atoms with Crippen LogP contribution in [0.1, 0.15) is 6.42 Å². The van der Waals surface area contributed by atoms with Crippen LogP contribution in [-0.2, 0) is 0 Å². The van der Waals surface area contributed by atoms with Gasteiger partial charge in [-0.3, -0.25) is 15.0 Å². The van der Waals surface area contributed by atoms with Gasteiger partial charge in [-0.25, -0.2) is 0 Å². The van der Waals surface area contributed by atoms with Gasteiger partial charge in [-0.1, -0.05) is 0 Å². The van der Waals surface area contributed by atoms with Crippen LogP contribution >= 0.6 is 0 Å². The monoisotopic (exact) mass is 130 g/mol. The highest BCUT2D eigenvalue weighted by Crippen LogP contribution is 2.03. The van der Waals surface area contributed by atoms with E-state index < -0.39 is 0 Å². The summed E-state index contributed by atoms with van der Waals surface area (Å²) in [5, 5.41) is 9.82. The molecule has 0 bridgehead atoms. The summed E-state index contributed by atoms with van der Waals surface area (Å²) in [6.45, 7) is 2.83. The van der Waals surface area contributed by atoms with Gasteiger partial charge in [0.05, 0.1) is 6.54 Å². The van der Waals surface area contributed by atoms with Crippen LogP contribution in [0.2, 0.25) is 0 Å². The Kier molecular flexibility index (Phi) is 2.00. The van der Waals surface area contributed by atoms with Gasteiger partial charge in [-0.15, -0.1) is 0 Å². The zero-order chi connectivity index (χ0) is 6.69. The van der Waals surface area contributed by atoms with Crippen molar-refractivity contribution < 1.29 is 4.92 Å². The van der Waals surface area contributed by atoms with E-state index in [4.69, 9.17) is 0 Å². The van der Waals surface area contributed by atoms with Gasteiger partial charge >= 0.3 is 0 Å². The van der Waals surface area contributed by atoms with Crippen LogP contribution in [0.15, 0.2) is 0 Å². The maximum absolute atomic E-state index is 9.82. The highest BCUT2D eigenvalue weighted by Gasteiger charge is 2.14. The van der Waals surface area contributed by atoms with Gasteiger partial charge in [0, 0.05) is 4.92 Å². The first kappa shape index (κ1) is 6.48. The molecule has 0 aromatic carbocycles. The number of rotatable bonds is 3. The third kappa shape index (κ3) is 1.97. The predicted molar refractivity (Wildman–Crippen MR) is 32.9 cm³/mol. The van der Waals surface area contributed by atoms with E-state index >= 15 is 0 Å². The molecule has 1 aliphatic heterocycles. The Bertz CT molecular complexity index is 112. The molecule has 0 unspecified atom stereocenters. The molecule has 1 saturated heterocycles. The van der Waals surface area contributed by atoms with Crippen molar-refractivity contribution in [3.63, 3.8) is 0 Å². The van der Waals surface area contributed by atoms with Gasteiger partial charge in [0.25, 0.3) is 0 Å². The van der Waals surface area contributed by atoms with Gasteiger partial charge in [-0.2, -0.15) is 0 Å². The van der Waals surface area contributed by atoms with Crippen LogP contribution < -0.4 is 0 Å². The fraction of sp³-hybridized carbons (Fsp3) is 1.00. The fourth-order valence-corrected chi connectivity index (χ4v) is 0.828. The molecule has 1 rings (SSSR count). The first-order valence-electron chi connectivity index (χ1n) is 3.13. The van der Waals surface area contributed by atoms with Crippen molar-refractivity contribution in [2.24, 2.45) is 0 Å². The van der Waals surface area contributed by atoms with E-state index in [1.165, 1.54) is 6.42 Å². The molecule has 0 spiro atoms. The summed E-state index contributed by atoms with van der Waals surface area (Å²) in [6.07, 6.45) is 1.21. The maximum atomic E-state index is 9.82. The zero-order valence-corrected chi connectivity index (χ0v) is 5.25. The Morgan fingerprint density at radius 1 is 1.56 bits per heavy atom. The molecule has 0 aromatic rings. The zero-order valence-electron chi connectivity index (χ0n) is 5.25. The lowest BCUT2D eigenvalue weighted by Crippen LogP contribution is -2.40. The predicted octanol–water partition coefficient (Wildman–Crippen LogP) is -0.0312. The van der Waals surface area contributed by atoms with Gasteiger partial charge in [-0.05, 0) is 19.5 Å². The van der Waals surface area contributed by atoms with E-state index in [2.05, 4.69) is 4.90 Å². The lowest BCUT2D eigenvalue weighted by atomic mass is 10.2. The topological polar surface area (TPSA) is 46.4 Å². The van der Waals surface area contributed by atoms with Crippen molar-refractivity contribution in [1.82, 2.24) is 4.90 Å². The first-order valence-corrected chi connectivity index (χ1v) is 3.13. The minimum absolute atomic E-state index is 0.0972. The molecular formula is C5H10N2O2. The van der Waals surface area contributed by atoms with E-state index in [0.717, 1.165) is 13.1 Å². The van der Waals surface area contributed by atoms with Gasteiger partial charge in [0.2, 0.25) is 6.54 Å². The molecule has 0 atom stereocenters. The minimum Gasteiger partial charge on any atom is -0.297 e. The molecule has 4 heteroatoms. The molecule has 0 N–H and O–H groups in total. The Hall–Kier alpha value is -0.640. The molecule has 1 aliphatic rings. The first-order chi connectivity index (χ1) is 4.29. The second-order valence-corrected chi connectivity index (χ2v) is 2.25. The van der Waals surface area contributed by atoms with Crippen LogP contribution in [0.4, 0.5) is 0 Å². The van der Waals surface area contributed by atoms with Crippen LogP contribution in [-0.4, -0.2) is 36.0 Å². The summed E-state index contributed by atoms with van der Waals surface area (Å²) in [7, 11) is 0. The fourth-order valence-electron chi connectivity index (χ4n) is 0.828. The number of likely N-dealkylation sites (tertiary alicyclic amines) is 1. The minimum atomic E-state index is -0.266. The molecule has 0 saturated carbocycles. The van der Waals surface area contributed by atoms with Crippen molar-refractivity contribution in [1.29, 1.82) is 0 Å². The second-order valence-electron chi connectivity index (χ2n) is 2.25. The lowest BCUT2D eigenvalue weighted by molar-refractivity contribution is -0.480.